The molecule has 0 amide bonds. The second kappa shape index (κ2) is 44.8. The minimum Gasteiger partial charge on any atom is -0.481 e. The van der Waals surface area contributed by atoms with Gasteiger partial charge in [-0.05, 0) is 95.2 Å². The lowest BCUT2D eigenvalue weighted by molar-refractivity contribution is -0.757. The largest absolute Gasteiger partial charge is 0.508 e. The van der Waals surface area contributed by atoms with Crippen LogP contribution in [0.15, 0.2) is 97.1 Å². The second-order valence-electron chi connectivity index (χ2n) is 23.6. The number of esters is 3. The molecule has 0 spiro atoms. The molecular weight excluding hydrogens is 1470 g/mol. The Balaban J connectivity index is 0.000000304. The molecule has 0 fully saturated rings. The number of aromatic amines is 2. The monoisotopic (exact) mass is 1540 g/mol. The van der Waals surface area contributed by atoms with Gasteiger partial charge in [-0.1, -0.05) is 147 Å². The summed E-state index contributed by atoms with van der Waals surface area (Å²) in [6, 6.07) is 31.2. The number of unbranched alkanes of at least 4 members (excludes halogenated alkanes) is 5. The lowest BCUT2D eigenvalue weighted by atomic mass is 9.98. The van der Waals surface area contributed by atoms with Crippen molar-refractivity contribution in [1.29, 1.82) is 0 Å². The van der Waals surface area contributed by atoms with Gasteiger partial charge >= 0.3 is 36.2 Å². The number of tetrazole rings is 2. The third-order valence-corrected chi connectivity index (χ3v) is 16.5. The Morgan fingerprint density at radius 1 is 0.481 bits per heavy atom. The van der Waals surface area contributed by atoms with Crippen molar-refractivity contribution in [3.05, 3.63) is 172 Å². The normalized spacial score (nSPS) is 11.4. The van der Waals surface area contributed by atoms with Gasteiger partial charge < -0.3 is 61.9 Å². The highest BCUT2D eigenvalue weighted by molar-refractivity contribution is 6.30. The van der Waals surface area contributed by atoms with Crippen LogP contribution in [0.5, 0.6) is 0 Å². The zero-order chi connectivity index (χ0) is 77.6. The first-order chi connectivity index (χ1) is 52.2. The molecule has 0 aliphatic rings. The Morgan fingerprint density at radius 3 is 1.22 bits per heavy atom. The molecule has 3 N–H and O–H groups in total. The molecule has 0 saturated carbocycles. The first-order valence-electron chi connectivity index (χ1n) is 34.1. The van der Waals surface area contributed by atoms with Gasteiger partial charge in [0.2, 0.25) is 11.6 Å². The number of H-pyrrole nitrogens is 2. The average Bonchev–Trinajstić information content (AvgIpc) is 1.44. The number of aryl methyl sites for hydroxylation is 2. The molecule has 0 bridgehead atoms. The summed E-state index contributed by atoms with van der Waals surface area (Å²) in [6.45, 7) is 2.13. The summed E-state index contributed by atoms with van der Waals surface area (Å²) < 4.78 is 39.7. The number of hydrogen-bond donors (Lipinski definition) is 3. The summed E-state index contributed by atoms with van der Waals surface area (Å²) in [5, 5.41) is 66.6. The molecule has 8 aromatic rings. The molecule has 2 unspecified atom stereocenters. The number of carbonyl (C=O) groups is 6. The fraction of sp³-hybridized carbons (Fsp3) is 0.441. The maximum atomic E-state index is 13.2. The number of imidazole rings is 2. The Labute approximate surface area is 625 Å². The molecule has 108 heavy (non-hydrogen) atoms. The number of aromatic nitrogens is 12. The van der Waals surface area contributed by atoms with E-state index in [2.05, 4.69) is 79.6 Å². The Bertz CT molecular complexity index is 4210. The fourth-order valence-electron chi connectivity index (χ4n) is 10.4. The zero-order valence-corrected chi connectivity index (χ0v) is 60.3. The van der Waals surface area contributed by atoms with Gasteiger partial charge in [0.25, 0.3) is 15.3 Å². The van der Waals surface area contributed by atoms with E-state index in [1.165, 1.54) is 0 Å². The number of rotatable bonds is 46. The van der Waals surface area contributed by atoms with Crippen molar-refractivity contribution in [1.82, 2.24) is 60.4 Å². The van der Waals surface area contributed by atoms with Gasteiger partial charge in [-0.15, -0.1) is 50.7 Å². The van der Waals surface area contributed by atoms with Crippen molar-refractivity contribution in [2.24, 2.45) is 11.8 Å². The summed E-state index contributed by atoms with van der Waals surface area (Å²) in [5.41, 5.74) is 8.12. The molecular formula is C68H79Cl2N15O23. The topological polar surface area (TPSA) is 489 Å². The molecule has 4 aromatic heterocycles. The number of halogens is 2. The van der Waals surface area contributed by atoms with Crippen LogP contribution in [0.3, 0.4) is 0 Å². The van der Waals surface area contributed by atoms with E-state index in [4.69, 9.17) is 56.4 Å². The summed E-state index contributed by atoms with van der Waals surface area (Å²) >= 11 is 13.1. The van der Waals surface area contributed by atoms with Gasteiger partial charge in [-0.25, -0.2) is 19.6 Å². The van der Waals surface area contributed by atoms with E-state index in [0.717, 1.165) is 76.0 Å². The Kier molecular flexibility index (Phi) is 34.5. The van der Waals surface area contributed by atoms with Gasteiger partial charge in [0, 0.05) is 37.1 Å². The van der Waals surface area contributed by atoms with Gasteiger partial charge in [-0.2, -0.15) is 10.4 Å². The maximum Gasteiger partial charge on any atom is 0.508 e. The van der Waals surface area contributed by atoms with Gasteiger partial charge in [0.1, 0.15) is 49.9 Å². The van der Waals surface area contributed by atoms with E-state index in [-0.39, 0.29) is 102 Å². The van der Waals surface area contributed by atoms with Crippen molar-refractivity contribution in [3.63, 3.8) is 0 Å². The molecule has 4 aromatic carbocycles. The van der Waals surface area contributed by atoms with E-state index < -0.39 is 89.3 Å². The van der Waals surface area contributed by atoms with Gasteiger partial charge in [0.15, 0.2) is 10.3 Å². The van der Waals surface area contributed by atoms with Crippen LogP contribution in [0.25, 0.3) is 45.0 Å². The molecule has 4 heterocycles. The van der Waals surface area contributed by atoms with E-state index >= 15 is 0 Å². The predicted octanol–water partition coefficient (Wildman–Crippen LogP) is 10.5. The van der Waals surface area contributed by atoms with Crippen LogP contribution >= 0.6 is 23.2 Å². The number of ether oxygens (including phenoxy) is 7. The quantitative estimate of drug-likeness (QED) is 0.0105. The Morgan fingerprint density at radius 2 is 0.852 bits per heavy atom. The molecule has 0 radical (unpaired) electrons. The molecule has 8 rings (SSSR count). The lowest BCUT2D eigenvalue weighted by Gasteiger charge is -2.17. The van der Waals surface area contributed by atoms with Crippen LogP contribution in [-0.4, -0.2) is 170 Å². The van der Waals surface area contributed by atoms with E-state index in [1.54, 1.807) is 0 Å². The second-order valence-corrected chi connectivity index (χ2v) is 24.3. The van der Waals surface area contributed by atoms with Crippen LogP contribution in [0.1, 0.15) is 125 Å². The number of nitrogens with zero attached hydrogens (tertiary/aromatic N) is 13. The van der Waals surface area contributed by atoms with Crippen LogP contribution in [0.4, 0.5) is 9.59 Å². The fourth-order valence-corrected chi connectivity index (χ4v) is 10.9. The van der Waals surface area contributed by atoms with E-state index in [0.29, 0.717) is 54.8 Å². The van der Waals surface area contributed by atoms with Gasteiger partial charge in [-0.3, -0.25) is 19.2 Å². The van der Waals surface area contributed by atoms with Crippen molar-refractivity contribution >= 4 is 59.4 Å². The number of carboxylic acids is 1. The number of carbonyl (C=O) groups excluding carboxylic acids is 5. The predicted molar refractivity (Wildman–Crippen MR) is 376 cm³/mol. The van der Waals surface area contributed by atoms with Crippen molar-refractivity contribution in [3.8, 4) is 45.0 Å². The lowest BCUT2D eigenvalue weighted by Crippen LogP contribution is -2.28. The molecule has 2 atom stereocenters. The van der Waals surface area contributed by atoms with Crippen molar-refractivity contribution in [2.45, 2.75) is 130 Å². The molecule has 578 valence electrons. The number of benzene rings is 4. The van der Waals surface area contributed by atoms with Gasteiger partial charge in [0.05, 0.1) is 63.9 Å². The molecule has 38 nitrogen and oxygen atoms in total. The summed E-state index contributed by atoms with van der Waals surface area (Å²) in [6.07, 6.45) is 2.80. The maximum absolute atomic E-state index is 13.2. The molecule has 40 heteroatoms. The number of hydrogen-bond acceptors (Lipinski definition) is 30. The third-order valence-electron chi connectivity index (χ3n) is 15.9. The van der Waals surface area contributed by atoms with Crippen LogP contribution in [-0.2, 0) is 106 Å². The molecule has 0 aliphatic carbocycles. The minimum absolute atomic E-state index is 0.117. The van der Waals surface area contributed by atoms with Crippen molar-refractivity contribution < 1.29 is 96.8 Å². The SMILES string of the molecule is CCCCc1nc(Cl)c(COC(=O)CC(COC(=O)OCCCCO[N+](=O)[O-])C(=O)O)n1Cc1ccc(-c2ccccc2-c2nn[nH]n2)cc1.CCCCc1nc(Cl)c(COC(=O)CC(COC(=O)OCCCCO[N+](=O)[O-])C(=O)OCCCCO[N+](=O)[O-])n1Cc1ccc(-c2ccccc2-c2nn[nH]n2)cc1. The summed E-state index contributed by atoms with van der Waals surface area (Å²) in [7, 11) is 0. The highest BCUT2D eigenvalue weighted by atomic mass is 35.5. The third kappa shape index (κ3) is 27.8. The number of aliphatic carboxylic acids is 1. The van der Waals surface area contributed by atoms with Crippen molar-refractivity contribution in [2.75, 3.05) is 52.9 Å². The molecule has 0 aliphatic heterocycles. The first kappa shape index (κ1) is 83.3. The number of nitrogens with one attached hydrogen (secondary N) is 2. The standard InChI is InChI=1S/C36H43ClN8O13.C32H36ClN7O10/c1-2-3-12-31-38-33(37)30(43(31)22-25-13-15-26(16-14-25)28-10-4-5-11-29(28)34-39-41-42-40-34)24-55-32(46)21-27(35(47)53-17-6-8-19-57-44(49)50)23-56-36(48)54-18-7-9-20-58-45(51)52;1-2-3-10-27-34-29(33)26(20-48-28(41)17-23(31(42)43)19-49-32(44)47-15-6-7-16-50-40(45)46)39(27)18-21-11-13-22(14-12-21)24-8-4-5-9-25(24)30-35-37-38-36-30/h4-5,10-11,13-16,27H,2-3,6-9,12,17-24H2,1H3,(H,39,40,41,42);4-5,8-9,11-14,23H,2-3,6-7,10,15-20H2,1H3,(H,42,43)(H,35,36,37,38). The smallest absolute Gasteiger partial charge is 0.481 e. The number of carboxylic acid groups (broad SMARTS) is 1. The summed E-state index contributed by atoms with van der Waals surface area (Å²) in [4.78, 5) is 127. The minimum atomic E-state index is -1.40. The molecule has 0 saturated heterocycles. The van der Waals surface area contributed by atoms with Crippen LogP contribution in [0.2, 0.25) is 10.3 Å². The highest BCUT2D eigenvalue weighted by Gasteiger charge is 2.29. The van der Waals surface area contributed by atoms with Crippen LogP contribution < -0.4 is 0 Å². The van der Waals surface area contributed by atoms with E-state index in [1.807, 2.05) is 106 Å². The van der Waals surface area contributed by atoms with Crippen LogP contribution in [0, 0.1) is 42.2 Å². The Hall–Kier alpha value is -12.0. The highest BCUT2D eigenvalue weighted by Crippen LogP contribution is 2.33. The average molecular weight is 1550 g/mol. The van der Waals surface area contributed by atoms with E-state index in [9.17, 15) is 64.2 Å². The summed E-state index contributed by atoms with van der Waals surface area (Å²) in [5.74, 6) is -4.26. The first-order valence-corrected chi connectivity index (χ1v) is 34.9. The zero-order valence-electron chi connectivity index (χ0n) is 58.8.